The summed E-state index contributed by atoms with van der Waals surface area (Å²) in [6, 6.07) is 0.636. The van der Waals surface area contributed by atoms with Gasteiger partial charge < -0.3 is 5.73 Å². The number of hydrogen-bond donors (Lipinski definition) is 1. The first kappa shape index (κ1) is 13.0. The van der Waals surface area contributed by atoms with Crippen molar-refractivity contribution in [3.05, 3.63) is 0 Å². The largest absolute Gasteiger partial charge is 0.329 e. The van der Waals surface area contributed by atoms with E-state index < -0.39 is 0 Å². The monoisotopic (exact) mass is 212 g/mol. The highest BCUT2D eigenvalue weighted by Gasteiger charge is 2.30. The smallest absolute Gasteiger partial charge is 0.0218 e. The molecule has 90 valence electrons. The first-order chi connectivity index (χ1) is 7.15. The van der Waals surface area contributed by atoms with E-state index in [4.69, 9.17) is 5.73 Å². The maximum absolute atomic E-state index is 5.85. The van der Waals surface area contributed by atoms with E-state index in [-0.39, 0.29) is 0 Å². The second-order valence-electron chi connectivity index (χ2n) is 5.38. The molecule has 1 atom stereocenters. The molecular formula is C13H28N2. The van der Waals surface area contributed by atoms with Crippen LogP contribution in [0.15, 0.2) is 0 Å². The Morgan fingerprint density at radius 3 is 2.27 bits per heavy atom. The van der Waals surface area contributed by atoms with Crippen molar-refractivity contribution >= 4 is 0 Å². The normalized spacial score (nSPS) is 24.0. The lowest BCUT2D eigenvalue weighted by molar-refractivity contribution is 0.0796. The van der Waals surface area contributed by atoms with Crippen LogP contribution in [-0.2, 0) is 0 Å². The fraction of sp³-hybridized carbons (Fsp3) is 1.00. The molecule has 1 aliphatic heterocycles. The molecule has 0 aromatic rings. The minimum atomic E-state index is 0.599. The zero-order valence-corrected chi connectivity index (χ0v) is 10.8. The first-order valence-corrected chi connectivity index (χ1v) is 6.59. The zero-order chi connectivity index (χ0) is 11.3. The Labute approximate surface area is 95.2 Å². The lowest BCUT2D eigenvalue weighted by Crippen LogP contribution is -2.47. The van der Waals surface area contributed by atoms with Gasteiger partial charge in [0.25, 0.3) is 0 Å². The fourth-order valence-electron chi connectivity index (χ4n) is 2.57. The predicted molar refractivity (Wildman–Crippen MR) is 67.0 cm³/mol. The average Bonchev–Trinajstić information content (AvgIpc) is 2.27. The maximum atomic E-state index is 5.85. The molecule has 1 aliphatic rings. The molecule has 0 saturated carbocycles. The van der Waals surface area contributed by atoms with Crippen molar-refractivity contribution in [3.63, 3.8) is 0 Å². The summed E-state index contributed by atoms with van der Waals surface area (Å²) in [4.78, 5) is 2.61. The fourth-order valence-corrected chi connectivity index (χ4v) is 2.57. The predicted octanol–water partition coefficient (Wildman–Crippen LogP) is 2.63. The van der Waals surface area contributed by atoms with Crippen molar-refractivity contribution in [2.75, 3.05) is 19.6 Å². The first-order valence-electron chi connectivity index (χ1n) is 6.59. The Hall–Kier alpha value is -0.0800. The van der Waals surface area contributed by atoms with Gasteiger partial charge in [-0.1, -0.05) is 33.6 Å². The van der Waals surface area contributed by atoms with Crippen molar-refractivity contribution in [2.45, 2.75) is 58.9 Å². The minimum absolute atomic E-state index is 0.599. The SMILES string of the molecule is CCCC(CN)N1CCC(C)(CC)CC1. The van der Waals surface area contributed by atoms with Crippen LogP contribution in [0.25, 0.3) is 0 Å². The molecule has 2 nitrogen and oxygen atoms in total. The molecule has 0 aromatic carbocycles. The number of nitrogens with zero attached hydrogens (tertiary/aromatic N) is 1. The summed E-state index contributed by atoms with van der Waals surface area (Å²) in [5.74, 6) is 0. The maximum Gasteiger partial charge on any atom is 0.0218 e. The molecule has 1 saturated heterocycles. The van der Waals surface area contributed by atoms with E-state index in [1.165, 1.54) is 45.2 Å². The summed E-state index contributed by atoms with van der Waals surface area (Å²) >= 11 is 0. The molecule has 1 fully saturated rings. The molecule has 0 aliphatic carbocycles. The summed E-state index contributed by atoms with van der Waals surface area (Å²) in [7, 11) is 0. The second kappa shape index (κ2) is 5.86. The third-order valence-corrected chi connectivity index (χ3v) is 4.27. The van der Waals surface area contributed by atoms with E-state index in [9.17, 15) is 0 Å². The summed E-state index contributed by atoms with van der Waals surface area (Å²) in [6.45, 7) is 10.3. The van der Waals surface area contributed by atoms with E-state index in [0.29, 0.717) is 11.5 Å². The van der Waals surface area contributed by atoms with Gasteiger partial charge in [0.2, 0.25) is 0 Å². The summed E-state index contributed by atoms with van der Waals surface area (Å²) in [5.41, 5.74) is 6.45. The minimum Gasteiger partial charge on any atom is -0.329 e. The van der Waals surface area contributed by atoms with E-state index >= 15 is 0 Å². The van der Waals surface area contributed by atoms with Crippen LogP contribution in [0, 0.1) is 5.41 Å². The summed E-state index contributed by atoms with van der Waals surface area (Å²) in [5, 5.41) is 0. The highest BCUT2D eigenvalue weighted by Crippen LogP contribution is 2.34. The van der Waals surface area contributed by atoms with Gasteiger partial charge in [-0.25, -0.2) is 0 Å². The third-order valence-electron chi connectivity index (χ3n) is 4.27. The zero-order valence-electron chi connectivity index (χ0n) is 10.8. The molecule has 15 heavy (non-hydrogen) atoms. The Bertz CT molecular complexity index is 171. The van der Waals surface area contributed by atoms with E-state index in [0.717, 1.165) is 6.54 Å². The Kier molecular flexibility index (Phi) is 5.07. The van der Waals surface area contributed by atoms with Crippen molar-refractivity contribution in [2.24, 2.45) is 11.1 Å². The highest BCUT2D eigenvalue weighted by atomic mass is 15.2. The van der Waals surface area contributed by atoms with Crippen LogP contribution >= 0.6 is 0 Å². The molecular weight excluding hydrogens is 184 g/mol. The van der Waals surface area contributed by atoms with Crippen molar-refractivity contribution < 1.29 is 0 Å². The average molecular weight is 212 g/mol. The van der Waals surface area contributed by atoms with Crippen molar-refractivity contribution in [3.8, 4) is 0 Å². The topological polar surface area (TPSA) is 29.3 Å². The van der Waals surface area contributed by atoms with Gasteiger partial charge in [-0.05, 0) is 37.8 Å². The van der Waals surface area contributed by atoms with Gasteiger partial charge in [-0.15, -0.1) is 0 Å². The standard InChI is InChI=1S/C13H28N2/c1-4-6-12(11-14)15-9-7-13(3,5-2)8-10-15/h12H,4-11,14H2,1-3H3. The highest BCUT2D eigenvalue weighted by molar-refractivity contribution is 4.84. The molecule has 2 heteroatoms. The Balaban J connectivity index is 2.41. The summed E-state index contributed by atoms with van der Waals surface area (Å²) < 4.78 is 0. The van der Waals surface area contributed by atoms with Gasteiger partial charge in [0.1, 0.15) is 0 Å². The molecule has 0 radical (unpaired) electrons. The third kappa shape index (κ3) is 3.46. The van der Waals surface area contributed by atoms with Gasteiger partial charge in [0.15, 0.2) is 0 Å². The molecule has 0 bridgehead atoms. The van der Waals surface area contributed by atoms with E-state index in [1.54, 1.807) is 0 Å². The van der Waals surface area contributed by atoms with Crippen LogP contribution in [0.2, 0.25) is 0 Å². The molecule has 1 unspecified atom stereocenters. The van der Waals surface area contributed by atoms with Crippen LogP contribution in [0.1, 0.15) is 52.9 Å². The van der Waals surface area contributed by atoms with Crippen LogP contribution < -0.4 is 5.73 Å². The lowest BCUT2D eigenvalue weighted by atomic mass is 9.78. The Morgan fingerprint density at radius 2 is 1.87 bits per heavy atom. The van der Waals surface area contributed by atoms with Crippen LogP contribution in [0.3, 0.4) is 0 Å². The second-order valence-corrected chi connectivity index (χ2v) is 5.38. The summed E-state index contributed by atoms with van der Waals surface area (Å²) in [6.07, 6.45) is 6.54. The number of rotatable bonds is 5. The van der Waals surface area contributed by atoms with Gasteiger partial charge in [0, 0.05) is 12.6 Å². The molecule has 2 N–H and O–H groups in total. The van der Waals surface area contributed by atoms with E-state index in [1.807, 2.05) is 0 Å². The molecule has 0 spiro atoms. The molecule has 1 rings (SSSR count). The molecule has 1 heterocycles. The van der Waals surface area contributed by atoms with Gasteiger partial charge in [0.05, 0.1) is 0 Å². The van der Waals surface area contributed by atoms with Crippen LogP contribution in [0.5, 0.6) is 0 Å². The lowest BCUT2D eigenvalue weighted by Gasteiger charge is -2.42. The van der Waals surface area contributed by atoms with Gasteiger partial charge >= 0.3 is 0 Å². The van der Waals surface area contributed by atoms with Gasteiger partial charge in [-0.3, -0.25) is 4.90 Å². The molecule has 0 amide bonds. The van der Waals surface area contributed by atoms with E-state index in [2.05, 4.69) is 25.7 Å². The van der Waals surface area contributed by atoms with Crippen LogP contribution in [0.4, 0.5) is 0 Å². The number of hydrogen-bond acceptors (Lipinski definition) is 2. The number of likely N-dealkylation sites (tertiary alicyclic amines) is 1. The Morgan fingerprint density at radius 1 is 1.27 bits per heavy atom. The van der Waals surface area contributed by atoms with Gasteiger partial charge in [-0.2, -0.15) is 0 Å². The van der Waals surface area contributed by atoms with Crippen LogP contribution in [-0.4, -0.2) is 30.6 Å². The number of nitrogens with two attached hydrogens (primary N) is 1. The van der Waals surface area contributed by atoms with Crippen molar-refractivity contribution in [1.82, 2.24) is 4.90 Å². The quantitative estimate of drug-likeness (QED) is 0.759. The van der Waals surface area contributed by atoms with Crippen molar-refractivity contribution in [1.29, 1.82) is 0 Å². The number of piperidine rings is 1. The molecule has 0 aromatic heterocycles.